The molecule has 0 unspecified atom stereocenters. The maximum atomic E-state index is 5.94. The van der Waals surface area contributed by atoms with Crippen molar-refractivity contribution >= 4 is 5.69 Å². The van der Waals surface area contributed by atoms with Crippen LogP contribution >= 0.6 is 0 Å². The van der Waals surface area contributed by atoms with E-state index in [9.17, 15) is 0 Å². The Bertz CT molecular complexity index is 264. The molecule has 0 bridgehead atoms. The van der Waals surface area contributed by atoms with Crippen molar-refractivity contribution < 1.29 is 0 Å². The molecule has 0 saturated heterocycles. The Morgan fingerprint density at radius 1 is 1.15 bits per heavy atom. The summed E-state index contributed by atoms with van der Waals surface area (Å²) in [5, 5.41) is 0. The van der Waals surface area contributed by atoms with Crippen LogP contribution in [-0.4, -0.2) is 0 Å². The average molecular weight is 179 g/mol. The van der Waals surface area contributed by atoms with Crippen LogP contribution in [-0.2, 0) is 5.66 Å². The van der Waals surface area contributed by atoms with Gasteiger partial charge in [-0.05, 0) is 24.1 Å². The molecule has 1 aromatic carbocycles. The molecule has 3 nitrogen and oxygen atoms in total. The molecular formula is C10H17N3. The van der Waals surface area contributed by atoms with Gasteiger partial charge in [0.1, 0.15) is 0 Å². The van der Waals surface area contributed by atoms with Crippen LogP contribution in [0.5, 0.6) is 0 Å². The summed E-state index contributed by atoms with van der Waals surface area (Å²) >= 11 is 0. The fraction of sp³-hybridized carbons (Fsp3) is 0.400. The number of anilines is 1. The monoisotopic (exact) mass is 179 g/mol. The van der Waals surface area contributed by atoms with Crippen molar-refractivity contribution in [2.45, 2.75) is 25.4 Å². The van der Waals surface area contributed by atoms with Gasteiger partial charge in [-0.25, -0.2) is 0 Å². The molecule has 13 heavy (non-hydrogen) atoms. The summed E-state index contributed by atoms with van der Waals surface area (Å²) < 4.78 is 0. The van der Waals surface area contributed by atoms with Crippen molar-refractivity contribution in [3.63, 3.8) is 0 Å². The molecule has 0 atom stereocenters. The lowest BCUT2D eigenvalue weighted by molar-refractivity contribution is 0.421. The highest BCUT2D eigenvalue weighted by Gasteiger charge is 2.19. The quantitative estimate of drug-likeness (QED) is 0.481. The Balaban J connectivity index is 2.87. The first kappa shape index (κ1) is 10.0. The van der Waals surface area contributed by atoms with Crippen LogP contribution in [0.1, 0.15) is 25.3 Å². The van der Waals surface area contributed by atoms with E-state index >= 15 is 0 Å². The molecule has 1 rings (SSSR count). The fourth-order valence-corrected chi connectivity index (χ4v) is 1.35. The van der Waals surface area contributed by atoms with Crippen LogP contribution < -0.4 is 17.2 Å². The number of nitrogens with two attached hydrogens (primary N) is 3. The maximum Gasteiger partial charge on any atom is 0.0899 e. The van der Waals surface area contributed by atoms with E-state index < -0.39 is 5.66 Å². The van der Waals surface area contributed by atoms with Gasteiger partial charge in [0.25, 0.3) is 0 Å². The van der Waals surface area contributed by atoms with Gasteiger partial charge in [0.05, 0.1) is 5.66 Å². The second-order valence-electron chi connectivity index (χ2n) is 3.41. The van der Waals surface area contributed by atoms with Crippen molar-refractivity contribution in [3.8, 4) is 0 Å². The normalized spacial score (nSPS) is 11.6. The Labute approximate surface area is 78.9 Å². The van der Waals surface area contributed by atoms with Crippen LogP contribution in [0.3, 0.4) is 0 Å². The molecule has 6 N–H and O–H groups in total. The summed E-state index contributed by atoms with van der Waals surface area (Å²) in [5.74, 6) is 0. The summed E-state index contributed by atoms with van der Waals surface area (Å²) in [5.41, 5.74) is 18.4. The molecule has 72 valence electrons. The second-order valence-corrected chi connectivity index (χ2v) is 3.41. The predicted molar refractivity (Wildman–Crippen MR) is 55.8 cm³/mol. The highest BCUT2D eigenvalue weighted by atomic mass is 14.9. The highest BCUT2D eigenvalue weighted by Crippen LogP contribution is 2.18. The number of hydrogen-bond acceptors (Lipinski definition) is 3. The van der Waals surface area contributed by atoms with Crippen LogP contribution in [0.15, 0.2) is 24.3 Å². The molecule has 0 aliphatic carbocycles. The molecule has 0 fully saturated rings. The van der Waals surface area contributed by atoms with E-state index in [1.807, 2.05) is 24.3 Å². The van der Waals surface area contributed by atoms with E-state index in [0.717, 1.165) is 24.1 Å². The fourth-order valence-electron chi connectivity index (χ4n) is 1.35. The minimum atomic E-state index is -0.720. The zero-order chi connectivity index (χ0) is 9.90. The zero-order valence-corrected chi connectivity index (χ0v) is 7.96. The van der Waals surface area contributed by atoms with E-state index in [1.165, 1.54) is 0 Å². The molecule has 0 aliphatic rings. The van der Waals surface area contributed by atoms with Crippen LogP contribution in [0.25, 0.3) is 0 Å². The lowest BCUT2D eigenvalue weighted by Gasteiger charge is -2.24. The number of nitrogen functional groups attached to an aromatic ring is 1. The standard InChI is InChI=1S/C10H17N3/c1-2-7-10(12,13)8-3-5-9(11)6-4-8/h3-6H,2,7,11-13H2,1H3. The third-order valence-corrected chi connectivity index (χ3v) is 2.11. The maximum absolute atomic E-state index is 5.94. The third kappa shape index (κ3) is 2.44. The van der Waals surface area contributed by atoms with Crippen molar-refractivity contribution in [1.82, 2.24) is 0 Å². The minimum absolute atomic E-state index is 0.720. The van der Waals surface area contributed by atoms with Gasteiger partial charge < -0.3 is 17.2 Å². The summed E-state index contributed by atoms with van der Waals surface area (Å²) in [6.07, 6.45) is 1.74. The van der Waals surface area contributed by atoms with Gasteiger partial charge in [-0.15, -0.1) is 0 Å². The Morgan fingerprint density at radius 3 is 2.15 bits per heavy atom. The molecule has 0 aromatic heterocycles. The third-order valence-electron chi connectivity index (χ3n) is 2.11. The first-order chi connectivity index (χ1) is 6.06. The zero-order valence-electron chi connectivity index (χ0n) is 7.96. The van der Waals surface area contributed by atoms with Gasteiger partial charge in [-0.3, -0.25) is 0 Å². The van der Waals surface area contributed by atoms with E-state index in [4.69, 9.17) is 17.2 Å². The largest absolute Gasteiger partial charge is 0.399 e. The van der Waals surface area contributed by atoms with Crippen LogP contribution in [0, 0.1) is 0 Å². The van der Waals surface area contributed by atoms with Gasteiger partial charge in [0.15, 0.2) is 0 Å². The number of rotatable bonds is 3. The van der Waals surface area contributed by atoms with Gasteiger partial charge in [0.2, 0.25) is 0 Å². The summed E-state index contributed by atoms with van der Waals surface area (Å²) in [4.78, 5) is 0. The average Bonchev–Trinajstić information content (AvgIpc) is 2.05. The van der Waals surface area contributed by atoms with E-state index in [-0.39, 0.29) is 0 Å². The Kier molecular flexibility index (Phi) is 2.90. The lowest BCUT2D eigenvalue weighted by atomic mass is 9.96. The minimum Gasteiger partial charge on any atom is -0.399 e. The molecule has 0 aliphatic heterocycles. The molecule has 0 saturated carbocycles. The van der Waals surface area contributed by atoms with Gasteiger partial charge in [-0.2, -0.15) is 0 Å². The van der Waals surface area contributed by atoms with Crippen molar-refractivity contribution in [2.75, 3.05) is 5.73 Å². The smallest absolute Gasteiger partial charge is 0.0899 e. The van der Waals surface area contributed by atoms with Crippen molar-refractivity contribution in [1.29, 1.82) is 0 Å². The first-order valence-electron chi connectivity index (χ1n) is 4.50. The molecule has 0 radical (unpaired) electrons. The Morgan fingerprint density at radius 2 is 1.69 bits per heavy atom. The van der Waals surface area contributed by atoms with Gasteiger partial charge in [0, 0.05) is 5.69 Å². The molecule has 1 aromatic rings. The highest BCUT2D eigenvalue weighted by molar-refractivity contribution is 5.40. The Hall–Kier alpha value is -1.06. The van der Waals surface area contributed by atoms with Crippen LogP contribution in [0.2, 0.25) is 0 Å². The van der Waals surface area contributed by atoms with Crippen LogP contribution in [0.4, 0.5) is 5.69 Å². The summed E-state index contributed by atoms with van der Waals surface area (Å²) in [6.45, 7) is 2.06. The molecule has 3 heteroatoms. The topological polar surface area (TPSA) is 78.1 Å². The molecular weight excluding hydrogens is 162 g/mol. The van der Waals surface area contributed by atoms with E-state index in [2.05, 4.69) is 6.92 Å². The first-order valence-corrected chi connectivity index (χ1v) is 4.50. The van der Waals surface area contributed by atoms with Crippen molar-refractivity contribution in [3.05, 3.63) is 29.8 Å². The SMILES string of the molecule is CCCC(N)(N)c1ccc(N)cc1. The van der Waals surface area contributed by atoms with E-state index in [0.29, 0.717) is 0 Å². The summed E-state index contributed by atoms with van der Waals surface area (Å²) in [7, 11) is 0. The summed E-state index contributed by atoms with van der Waals surface area (Å²) in [6, 6.07) is 7.40. The van der Waals surface area contributed by atoms with Gasteiger partial charge >= 0.3 is 0 Å². The molecule has 0 amide bonds. The van der Waals surface area contributed by atoms with E-state index in [1.54, 1.807) is 0 Å². The molecule has 0 spiro atoms. The molecule has 0 heterocycles. The van der Waals surface area contributed by atoms with Gasteiger partial charge in [-0.1, -0.05) is 25.5 Å². The number of hydrogen-bond donors (Lipinski definition) is 3. The van der Waals surface area contributed by atoms with Crippen molar-refractivity contribution in [2.24, 2.45) is 11.5 Å². The number of benzene rings is 1. The lowest BCUT2D eigenvalue weighted by Crippen LogP contribution is -2.45. The predicted octanol–water partition coefficient (Wildman–Crippen LogP) is 1.14. The second kappa shape index (κ2) is 3.77.